The maximum Gasteiger partial charge on any atom is 0.199 e. The van der Waals surface area contributed by atoms with Gasteiger partial charge in [0.05, 0.1) is 11.0 Å². The Labute approximate surface area is 115 Å². The van der Waals surface area contributed by atoms with Crippen LogP contribution in [-0.4, -0.2) is 33.5 Å². The summed E-state index contributed by atoms with van der Waals surface area (Å²) < 4.78 is 6.79. The number of para-hydroxylation sites is 2. The molecule has 0 fully saturated rings. The van der Waals surface area contributed by atoms with E-state index in [-0.39, 0.29) is 5.82 Å². The molecule has 0 radical (unpaired) electrons. The quantitative estimate of drug-likeness (QED) is 0.679. The molecule has 0 aliphatic carbocycles. The summed E-state index contributed by atoms with van der Waals surface area (Å²) in [5.74, 6) is 0.955. The summed E-state index contributed by atoms with van der Waals surface area (Å²) in [4.78, 5) is 4.59. The third kappa shape index (κ3) is 2.12. The number of fused-ring (bicyclic) bond motifs is 1. The number of hydrogen-bond donors (Lipinski definition) is 2. The van der Waals surface area contributed by atoms with Crippen molar-refractivity contribution in [2.45, 2.75) is 13.0 Å². The van der Waals surface area contributed by atoms with Crippen LogP contribution >= 0.6 is 0 Å². The maximum atomic E-state index is 5.79. The Morgan fingerprint density at radius 3 is 2.90 bits per heavy atom. The van der Waals surface area contributed by atoms with Gasteiger partial charge in [-0.3, -0.25) is 0 Å². The van der Waals surface area contributed by atoms with E-state index in [1.165, 1.54) is 0 Å². The van der Waals surface area contributed by atoms with E-state index in [2.05, 4.69) is 29.8 Å². The fourth-order valence-electron chi connectivity index (χ4n) is 2.25. The van der Waals surface area contributed by atoms with Crippen molar-refractivity contribution in [2.75, 3.05) is 19.3 Å². The topological polar surface area (TPSA) is 94.8 Å². The zero-order valence-corrected chi connectivity index (χ0v) is 11.2. The average molecular weight is 272 g/mol. The summed E-state index contributed by atoms with van der Waals surface area (Å²) >= 11 is 0. The van der Waals surface area contributed by atoms with Crippen molar-refractivity contribution in [1.82, 2.24) is 25.2 Å². The molecule has 0 spiro atoms. The monoisotopic (exact) mass is 272 g/mol. The smallest absolute Gasteiger partial charge is 0.199 e. The SMILES string of the molecule is CNCCCn1c(-c2nonc2N)nc2ccccc21. The molecule has 7 heteroatoms. The van der Waals surface area contributed by atoms with Crippen LogP contribution in [0.1, 0.15) is 6.42 Å². The number of hydrogen-bond acceptors (Lipinski definition) is 6. The van der Waals surface area contributed by atoms with Crippen molar-refractivity contribution in [1.29, 1.82) is 0 Å². The lowest BCUT2D eigenvalue weighted by molar-refractivity contribution is 0.310. The van der Waals surface area contributed by atoms with Gasteiger partial charge in [-0.15, -0.1) is 0 Å². The molecule has 7 nitrogen and oxygen atoms in total. The second-order valence-electron chi connectivity index (χ2n) is 4.53. The van der Waals surface area contributed by atoms with Gasteiger partial charge in [0.1, 0.15) is 0 Å². The number of aromatic nitrogens is 4. The van der Waals surface area contributed by atoms with Gasteiger partial charge in [-0.1, -0.05) is 12.1 Å². The zero-order valence-electron chi connectivity index (χ0n) is 11.2. The predicted octanol–water partition coefficient (Wildman–Crippen LogP) is 1.28. The van der Waals surface area contributed by atoms with Crippen molar-refractivity contribution in [3.8, 4) is 11.5 Å². The molecule has 0 aliphatic rings. The Hall–Kier alpha value is -2.41. The second kappa shape index (κ2) is 5.30. The Balaban J connectivity index is 2.10. The predicted molar refractivity (Wildman–Crippen MR) is 76.0 cm³/mol. The van der Waals surface area contributed by atoms with Crippen LogP contribution in [0.3, 0.4) is 0 Å². The number of imidazole rings is 1. The third-order valence-corrected chi connectivity index (χ3v) is 3.19. The van der Waals surface area contributed by atoms with E-state index in [9.17, 15) is 0 Å². The van der Waals surface area contributed by atoms with Crippen molar-refractivity contribution in [2.24, 2.45) is 0 Å². The molecule has 0 saturated carbocycles. The summed E-state index contributed by atoms with van der Waals surface area (Å²) in [6.45, 7) is 1.75. The molecule has 3 N–H and O–H groups in total. The van der Waals surface area contributed by atoms with Crippen LogP contribution in [-0.2, 0) is 6.54 Å². The summed E-state index contributed by atoms with van der Waals surface area (Å²) in [7, 11) is 1.94. The molecule has 20 heavy (non-hydrogen) atoms. The molecular weight excluding hydrogens is 256 g/mol. The molecule has 0 bridgehead atoms. The first-order chi connectivity index (χ1) is 9.81. The number of anilines is 1. The Morgan fingerprint density at radius 2 is 2.15 bits per heavy atom. The van der Waals surface area contributed by atoms with Gasteiger partial charge in [0.2, 0.25) is 0 Å². The van der Waals surface area contributed by atoms with Crippen LogP contribution in [0.4, 0.5) is 5.82 Å². The molecular formula is C13H16N6O. The average Bonchev–Trinajstić information content (AvgIpc) is 3.03. The Kier molecular flexibility index (Phi) is 3.34. The van der Waals surface area contributed by atoms with Gasteiger partial charge in [0.25, 0.3) is 0 Å². The first kappa shape index (κ1) is 12.6. The minimum absolute atomic E-state index is 0.259. The van der Waals surface area contributed by atoms with Crippen molar-refractivity contribution < 1.29 is 4.63 Å². The van der Waals surface area contributed by atoms with E-state index in [1.807, 2.05) is 31.3 Å². The van der Waals surface area contributed by atoms with Crippen LogP contribution in [0.2, 0.25) is 0 Å². The molecule has 0 unspecified atom stereocenters. The zero-order chi connectivity index (χ0) is 13.9. The van der Waals surface area contributed by atoms with Gasteiger partial charge in [0, 0.05) is 6.54 Å². The maximum absolute atomic E-state index is 5.79. The van der Waals surface area contributed by atoms with E-state index in [0.29, 0.717) is 11.5 Å². The number of nitrogens with one attached hydrogen (secondary N) is 1. The number of nitrogens with two attached hydrogens (primary N) is 1. The van der Waals surface area contributed by atoms with E-state index < -0.39 is 0 Å². The largest absolute Gasteiger partial charge is 0.379 e. The lowest BCUT2D eigenvalue weighted by Crippen LogP contribution is -2.11. The van der Waals surface area contributed by atoms with Crippen LogP contribution < -0.4 is 11.1 Å². The molecule has 0 saturated heterocycles. The molecule has 3 rings (SSSR count). The van der Waals surface area contributed by atoms with Crippen LogP contribution in [0.25, 0.3) is 22.6 Å². The lowest BCUT2D eigenvalue weighted by atomic mass is 10.3. The molecule has 3 aromatic rings. The fourth-order valence-corrected chi connectivity index (χ4v) is 2.25. The van der Waals surface area contributed by atoms with Crippen LogP contribution in [0, 0.1) is 0 Å². The van der Waals surface area contributed by atoms with Crippen molar-refractivity contribution in [3.05, 3.63) is 24.3 Å². The highest BCUT2D eigenvalue weighted by Gasteiger charge is 2.18. The molecule has 2 heterocycles. The lowest BCUT2D eigenvalue weighted by Gasteiger charge is -2.07. The first-order valence-corrected chi connectivity index (χ1v) is 6.49. The minimum atomic E-state index is 0.259. The minimum Gasteiger partial charge on any atom is -0.379 e. The highest BCUT2D eigenvalue weighted by atomic mass is 16.6. The summed E-state index contributed by atoms with van der Waals surface area (Å²) in [5.41, 5.74) is 8.24. The number of aryl methyl sites for hydroxylation is 1. The second-order valence-corrected chi connectivity index (χ2v) is 4.53. The van der Waals surface area contributed by atoms with Gasteiger partial charge >= 0.3 is 0 Å². The van der Waals surface area contributed by atoms with Gasteiger partial charge < -0.3 is 15.6 Å². The summed E-state index contributed by atoms with van der Waals surface area (Å²) in [6, 6.07) is 7.96. The Morgan fingerprint density at radius 1 is 1.30 bits per heavy atom. The van der Waals surface area contributed by atoms with Gasteiger partial charge in [-0.25, -0.2) is 9.61 Å². The first-order valence-electron chi connectivity index (χ1n) is 6.49. The van der Waals surface area contributed by atoms with Gasteiger partial charge in [0.15, 0.2) is 17.3 Å². The highest BCUT2D eigenvalue weighted by molar-refractivity contribution is 5.81. The molecule has 104 valence electrons. The number of benzene rings is 1. The number of rotatable bonds is 5. The molecule has 1 aromatic carbocycles. The van der Waals surface area contributed by atoms with Crippen molar-refractivity contribution in [3.63, 3.8) is 0 Å². The van der Waals surface area contributed by atoms with E-state index in [4.69, 9.17) is 5.73 Å². The summed E-state index contributed by atoms with van der Waals surface area (Å²) in [5, 5.41) is 10.6. The van der Waals surface area contributed by atoms with E-state index >= 15 is 0 Å². The normalized spacial score (nSPS) is 11.2. The third-order valence-electron chi connectivity index (χ3n) is 3.19. The van der Waals surface area contributed by atoms with Gasteiger partial charge in [-0.05, 0) is 42.5 Å². The van der Waals surface area contributed by atoms with E-state index in [0.717, 1.165) is 30.5 Å². The molecule has 2 aromatic heterocycles. The summed E-state index contributed by atoms with van der Waals surface area (Å²) in [6.07, 6.45) is 0.981. The fraction of sp³-hybridized carbons (Fsp3) is 0.308. The highest BCUT2D eigenvalue weighted by Crippen LogP contribution is 2.26. The number of nitrogen functional groups attached to an aromatic ring is 1. The van der Waals surface area contributed by atoms with Crippen LogP contribution in [0.5, 0.6) is 0 Å². The van der Waals surface area contributed by atoms with Gasteiger partial charge in [-0.2, -0.15) is 0 Å². The van der Waals surface area contributed by atoms with E-state index in [1.54, 1.807) is 0 Å². The molecule has 0 atom stereocenters. The standard InChI is InChI=1S/C13H16N6O/c1-15-7-4-8-19-10-6-3-2-5-9(10)16-13(19)11-12(14)18-20-17-11/h2-3,5-6,15H,4,7-8H2,1H3,(H2,14,18). The molecule has 0 aliphatic heterocycles. The van der Waals surface area contributed by atoms with Crippen molar-refractivity contribution >= 4 is 16.9 Å². The molecule has 0 amide bonds. The Bertz CT molecular complexity index is 717. The number of nitrogens with zero attached hydrogens (tertiary/aromatic N) is 4. The van der Waals surface area contributed by atoms with Crippen LogP contribution in [0.15, 0.2) is 28.9 Å².